The van der Waals surface area contributed by atoms with Crippen LogP contribution in [-0.4, -0.2) is 25.8 Å². The summed E-state index contributed by atoms with van der Waals surface area (Å²) in [5, 5.41) is 0. The van der Waals surface area contributed by atoms with Crippen molar-refractivity contribution in [2.75, 3.05) is 13.2 Å². The zero-order valence-electron chi connectivity index (χ0n) is 11.9. The minimum atomic E-state index is -0.207. The standard InChI is InChI=1S/C15H28O3/c1-3-5-6-7-8-9-14-18-15(11-10-12-16)17-13-4-2/h5-6,12,15H,3-4,7-11,13-14H2,1-2H3/b6-5-. The lowest BCUT2D eigenvalue weighted by atomic mass is 10.2. The van der Waals surface area contributed by atoms with E-state index in [1.807, 2.05) is 0 Å². The molecule has 18 heavy (non-hydrogen) atoms. The molecule has 1 atom stereocenters. The van der Waals surface area contributed by atoms with E-state index in [1.54, 1.807) is 0 Å². The molecule has 1 unspecified atom stereocenters. The summed E-state index contributed by atoms with van der Waals surface area (Å²) in [6, 6.07) is 0. The monoisotopic (exact) mass is 256 g/mol. The van der Waals surface area contributed by atoms with E-state index in [0.29, 0.717) is 26.1 Å². The molecule has 106 valence electrons. The van der Waals surface area contributed by atoms with Gasteiger partial charge in [0.15, 0.2) is 6.29 Å². The van der Waals surface area contributed by atoms with E-state index in [4.69, 9.17) is 9.47 Å². The number of unbranched alkanes of at least 4 members (excludes halogenated alkanes) is 2. The Hall–Kier alpha value is -0.670. The Balaban J connectivity index is 3.54. The zero-order valence-corrected chi connectivity index (χ0v) is 11.9. The first kappa shape index (κ1) is 17.3. The Morgan fingerprint density at radius 1 is 1.00 bits per heavy atom. The molecular formula is C15H28O3. The van der Waals surface area contributed by atoms with Crippen LogP contribution in [0.5, 0.6) is 0 Å². The minimum Gasteiger partial charge on any atom is -0.353 e. The third kappa shape index (κ3) is 11.8. The van der Waals surface area contributed by atoms with Crippen molar-refractivity contribution in [3.05, 3.63) is 12.2 Å². The number of hydrogen-bond acceptors (Lipinski definition) is 3. The van der Waals surface area contributed by atoms with Crippen LogP contribution in [0.3, 0.4) is 0 Å². The summed E-state index contributed by atoms with van der Waals surface area (Å²) in [6.45, 7) is 5.62. The Morgan fingerprint density at radius 2 is 1.78 bits per heavy atom. The number of carbonyl (C=O) groups excluding carboxylic acids is 1. The summed E-state index contributed by atoms with van der Waals surface area (Å²) in [6.07, 6.45) is 11.7. The molecule has 0 saturated carbocycles. The molecule has 3 heteroatoms. The van der Waals surface area contributed by atoms with Crippen LogP contribution in [0.2, 0.25) is 0 Å². The molecular weight excluding hydrogens is 228 g/mol. The third-order valence-electron chi connectivity index (χ3n) is 2.50. The van der Waals surface area contributed by atoms with Crippen molar-refractivity contribution in [3.63, 3.8) is 0 Å². The van der Waals surface area contributed by atoms with Crippen LogP contribution in [0.1, 0.15) is 58.8 Å². The summed E-state index contributed by atoms with van der Waals surface area (Å²) < 4.78 is 11.2. The van der Waals surface area contributed by atoms with Crippen LogP contribution in [0, 0.1) is 0 Å². The molecule has 0 aromatic carbocycles. The molecule has 0 fully saturated rings. The Bertz CT molecular complexity index is 202. The van der Waals surface area contributed by atoms with Crippen LogP contribution in [-0.2, 0) is 14.3 Å². The maximum atomic E-state index is 10.3. The molecule has 0 N–H and O–H groups in total. The van der Waals surface area contributed by atoms with Gasteiger partial charge >= 0.3 is 0 Å². The van der Waals surface area contributed by atoms with E-state index in [2.05, 4.69) is 26.0 Å². The van der Waals surface area contributed by atoms with Crippen LogP contribution >= 0.6 is 0 Å². The van der Waals surface area contributed by atoms with E-state index in [0.717, 1.165) is 38.4 Å². The fourth-order valence-electron chi connectivity index (χ4n) is 1.53. The van der Waals surface area contributed by atoms with Gasteiger partial charge in [0.2, 0.25) is 0 Å². The quantitative estimate of drug-likeness (QED) is 0.217. The topological polar surface area (TPSA) is 35.5 Å². The minimum absolute atomic E-state index is 0.207. The van der Waals surface area contributed by atoms with E-state index < -0.39 is 0 Å². The van der Waals surface area contributed by atoms with E-state index in [9.17, 15) is 4.79 Å². The first-order chi connectivity index (χ1) is 8.85. The smallest absolute Gasteiger partial charge is 0.157 e. The highest BCUT2D eigenvalue weighted by Gasteiger charge is 2.07. The van der Waals surface area contributed by atoms with Gasteiger partial charge in [0.25, 0.3) is 0 Å². The second-order valence-electron chi connectivity index (χ2n) is 4.29. The van der Waals surface area contributed by atoms with Gasteiger partial charge in [-0.25, -0.2) is 0 Å². The molecule has 0 aliphatic carbocycles. The first-order valence-corrected chi connectivity index (χ1v) is 7.16. The molecule has 0 aromatic rings. The van der Waals surface area contributed by atoms with Gasteiger partial charge in [0.1, 0.15) is 6.29 Å². The molecule has 0 rings (SSSR count). The molecule has 0 aliphatic rings. The predicted octanol–water partition coefficient (Wildman–Crippen LogP) is 3.87. The van der Waals surface area contributed by atoms with Gasteiger partial charge in [-0.2, -0.15) is 0 Å². The highest BCUT2D eigenvalue weighted by Crippen LogP contribution is 2.06. The average molecular weight is 256 g/mol. The molecule has 0 amide bonds. The maximum Gasteiger partial charge on any atom is 0.157 e. The second kappa shape index (κ2) is 14.4. The number of carbonyl (C=O) groups is 1. The largest absolute Gasteiger partial charge is 0.353 e. The predicted molar refractivity (Wildman–Crippen MR) is 74.6 cm³/mol. The van der Waals surface area contributed by atoms with Crippen molar-refractivity contribution >= 4 is 6.29 Å². The average Bonchev–Trinajstić information content (AvgIpc) is 2.40. The number of rotatable bonds is 13. The molecule has 0 bridgehead atoms. The molecule has 3 nitrogen and oxygen atoms in total. The molecule has 0 aromatic heterocycles. The SMILES string of the molecule is CC/C=C\CCCCOC(CCC=O)OCCC. The maximum absolute atomic E-state index is 10.3. The summed E-state index contributed by atoms with van der Waals surface area (Å²) in [5.41, 5.74) is 0. The van der Waals surface area contributed by atoms with Crippen LogP contribution in [0.25, 0.3) is 0 Å². The third-order valence-corrected chi connectivity index (χ3v) is 2.50. The van der Waals surface area contributed by atoms with Gasteiger partial charge in [-0.1, -0.05) is 26.0 Å². The van der Waals surface area contributed by atoms with Crippen molar-refractivity contribution in [1.82, 2.24) is 0 Å². The lowest BCUT2D eigenvalue weighted by Crippen LogP contribution is -2.18. The molecule has 0 saturated heterocycles. The van der Waals surface area contributed by atoms with Gasteiger partial charge in [0.05, 0.1) is 0 Å². The van der Waals surface area contributed by atoms with E-state index >= 15 is 0 Å². The van der Waals surface area contributed by atoms with Crippen LogP contribution < -0.4 is 0 Å². The van der Waals surface area contributed by atoms with Crippen LogP contribution in [0.15, 0.2) is 12.2 Å². The summed E-state index contributed by atoms with van der Waals surface area (Å²) in [4.78, 5) is 10.3. The number of hydrogen-bond donors (Lipinski definition) is 0. The lowest BCUT2D eigenvalue weighted by molar-refractivity contribution is -0.148. The number of aldehydes is 1. The molecule has 0 aliphatic heterocycles. The number of allylic oxidation sites excluding steroid dienone is 2. The summed E-state index contributed by atoms with van der Waals surface area (Å²) in [5.74, 6) is 0. The highest BCUT2D eigenvalue weighted by atomic mass is 16.7. The van der Waals surface area contributed by atoms with Crippen LogP contribution in [0.4, 0.5) is 0 Å². The van der Waals surface area contributed by atoms with Gasteiger partial charge in [-0.3, -0.25) is 0 Å². The Labute approximate surface area is 112 Å². The molecule has 0 spiro atoms. The summed E-state index contributed by atoms with van der Waals surface area (Å²) >= 11 is 0. The fourth-order valence-corrected chi connectivity index (χ4v) is 1.53. The van der Waals surface area contributed by atoms with Gasteiger partial charge < -0.3 is 14.3 Å². The normalized spacial score (nSPS) is 13.0. The van der Waals surface area contributed by atoms with E-state index in [-0.39, 0.29) is 6.29 Å². The van der Waals surface area contributed by atoms with Gasteiger partial charge in [-0.15, -0.1) is 0 Å². The lowest BCUT2D eigenvalue weighted by Gasteiger charge is -2.17. The van der Waals surface area contributed by atoms with Crippen molar-refractivity contribution in [2.45, 2.75) is 65.1 Å². The van der Waals surface area contributed by atoms with Crippen molar-refractivity contribution in [3.8, 4) is 0 Å². The zero-order chi connectivity index (χ0) is 13.5. The number of ether oxygens (including phenoxy) is 2. The Kier molecular flexibility index (Phi) is 13.9. The fraction of sp³-hybridized carbons (Fsp3) is 0.800. The first-order valence-electron chi connectivity index (χ1n) is 7.16. The van der Waals surface area contributed by atoms with E-state index in [1.165, 1.54) is 0 Å². The Morgan fingerprint density at radius 3 is 2.44 bits per heavy atom. The van der Waals surface area contributed by atoms with Crippen molar-refractivity contribution in [1.29, 1.82) is 0 Å². The molecule has 0 radical (unpaired) electrons. The van der Waals surface area contributed by atoms with Gasteiger partial charge in [-0.05, 0) is 32.1 Å². The van der Waals surface area contributed by atoms with Gasteiger partial charge in [0, 0.05) is 26.1 Å². The summed E-state index contributed by atoms with van der Waals surface area (Å²) in [7, 11) is 0. The van der Waals surface area contributed by atoms with Crippen molar-refractivity contribution in [2.24, 2.45) is 0 Å². The van der Waals surface area contributed by atoms with Crippen molar-refractivity contribution < 1.29 is 14.3 Å². The highest BCUT2D eigenvalue weighted by molar-refractivity contribution is 5.49. The second-order valence-corrected chi connectivity index (χ2v) is 4.29. The molecule has 0 heterocycles.